The molecule has 0 amide bonds. The highest BCUT2D eigenvalue weighted by Gasteiger charge is 2.25. The van der Waals surface area contributed by atoms with Gasteiger partial charge in [0.2, 0.25) is 10.0 Å². The molecule has 0 heterocycles. The van der Waals surface area contributed by atoms with Crippen LogP contribution >= 0.6 is 0 Å². The van der Waals surface area contributed by atoms with Crippen LogP contribution in [-0.4, -0.2) is 36.2 Å². The Kier molecular flexibility index (Phi) is 6.44. The summed E-state index contributed by atoms with van der Waals surface area (Å²) >= 11 is 0. The molecule has 0 radical (unpaired) electrons. The lowest BCUT2D eigenvalue weighted by atomic mass is 10.0. The van der Waals surface area contributed by atoms with Crippen LogP contribution in [-0.2, 0) is 10.0 Å². The summed E-state index contributed by atoms with van der Waals surface area (Å²) in [6.07, 6.45) is 0. The second-order valence-electron chi connectivity index (χ2n) is 6.98. The van der Waals surface area contributed by atoms with Crippen LogP contribution in [0.15, 0.2) is 41.3 Å². The van der Waals surface area contributed by atoms with Crippen molar-refractivity contribution in [3.63, 3.8) is 0 Å². The quantitative estimate of drug-likeness (QED) is 0.773. The van der Waals surface area contributed by atoms with Crippen molar-refractivity contribution in [2.24, 2.45) is 0 Å². The monoisotopic (exact) mass is 377 g/mol. The Bertz CT molecular complexity index is 859. The number of aryl methyl sites for hydroxylation is 3. The fourth-order valence-corrected chi connectivity index (χ4v) is 4.14. The largest absolute Gasteiger partial charge is 0.495 e. The van der Waals surface area contributed by atoms with Gasteiger partial charge in [-0.1, -0.05) is 29.8 Å². The van der Waals surface area contributed by atoms with Crippen molar-refractivity contribution < 1.29 is 18.1 Å². The molecule has 0 aromatic heterocycles. The van der Waals surface area contributed by atoms with Gasteiger partial charge in [0, 0.05) is 5.56 Å². The molecule has 2 aromatic carbocycles. The summed E-state index contributed by atoms with van der Waals surface area (Å²) in [7, 11) is 1.86. The van der Waals surface area contributed by atoms with Crippen LogP contribution in [0.4, 0.5) is 0 Å². The summed E-state index contributed by atoms with van der Waals surface area (Å²) in [5, 5.41) is 0. The molecule has 0 aliphatic heterocycles. The second kappa shape index (κ2) is 8.20. The van der Waals surface area contributed by atoms with E-state index in [1.807, 2.05) is 47.0 Å². The van der Waals surface area contributed by atoms with E-state index in [2.05, 4.69) is 16.9 Å². The smallest absolute Gasteiger partial charge is 0.244 e. The molecule has 0 saturated carbocycles. The number of rotatable bonds is 7. The summed E-state index contributed by atoms with van der Waals surface area (Å²) < 4.78 is 33.8. The first-order valence-corrected chi connectivity index (χ1v) is 10.2. The lowest BCUT2D eigenvalue weighted by Gasteiger charge is -2.23. The van der Waals surface area contributed by atoms with Crippen LogP contribution < -0.4 is 14.4 Å². The van der Waals surface area contributed by atoms with E-state index in [1.165, 1.54) is 12.7 Å². The fourth-order valence-electron chi connectivity index (χ4n) is 2.86. The zero-order valence-electron chi connectivity index (χ0n) is 16.4. The molecule has 0 unspecified atom stereocenters. The van der Waals surface area contributed by atoms with Gasteiger partial charge < -0.3 is 9.64 Å². The van der Waals surface area contributed by atoms with Crippen LogP contribution in [0.5, 0.6) is 5.75 Å². The van der Waals surface area contributed by atoms with Crippen LogP contribution in [0, 0.1) is 20.8 Å². The van der Waals surface area contributed by atoms with Gasteiger partial charge in [-0.05, 0) is 44.0 Å². The molecular weight excluding hydrogens is 348 g/mol. The summed E-state index contributed by atoms with van der Waals surface area (Å²) in [4.78, 5) is 1.34. The molecule has 26 heavy (non-hydrogen) atoms. The van der Waals surface area contributed by atoms with E-state index >= 15 is 0 Å². The SMILES string of the molecule is COc1cc(C)c(C)cc1S(=O)(=O)NC[C@@H](c1ccc(C)cc1)[NH+](C)C. The Morgan fingerprint density at radius 2 is 1.62 bits per heavy atom. The molecule has 0 fully saturated rings. The number of benzene rings is 2. The van der Waals surface area contributed by atoms with Gasteiger partial charge in [-0.25, -0.2) is 13.1 Å². The normalized spacial score (nSPS) is 13.0. The minimum atomic E-state index is -3.68. The molecular formula is C20H29N2O3S+. The molecule has 5 nitrogen and oxygen atoms in total. The number of methoxy groups -OCH3 is 1. The number of nitrogens with one attached hydrogen (secondary N) is 2. The highest BCUT2D eigenvalue weighted by atomic mass is 32.2. The first-order chi connectivity index (χ1) is 12.2. The highest BCUT2D eigenvalue weighted by Crippen LogP contribution is 2.27. The molecule has 2 aromatic rings. The van der Waals surface area contributed by atoms with Crippen molar-refractivity contribution in [1.29, 1.82) is 0 Å². The van der Waals surface area contributed by atoms with Crippen molar-refractivity contribution >= 4 is 10.0 Å². The van der Waals surface area contributed by atoms with Gasteiger partial charge in [0.15, 0.2) is 0 Å². The average Bonchev–Trinajstić information content (AvgIpc) is 2.58. The number of sulfonamides is 1. The molecule has 2 rings (SSSR count). The molecule has 1 atom stereocenters. The minimum Gasteiger partial charge on any atom is -0.495 e. The fraction of sp³-hybridized carbons (Fsp3) is 0.400. The maximum absolute atomic E-state index is 12.9. The van der Waals surface area contributed by atoms with E-state index in [9.17, 15) is 8.42 Å². The predicted octanol–water partition coefficient (Wildman–Crippen LogP) is 1.78. The van der Waals surface area contributed by atoms with Crippen LogP contribution in [0.1, 0.15) is 28.3 Å². The molecule has 6 heteroatoms. The maximum Gasteiger partial charge on any atom is 0.244 e. The Morgan fingerprint density at radius 1 is 1.04 bits per heavy atom. The first kappa shape index (κ1) is 20.4. The third-order valence-corrected chi connectivity index (χ3v) is 6.17. The number of quaternary nitrogens is 1. The van der Waals surface area contributed by atoms with Gasteiger partial charge in [0.05, 0.1) is 27.7 Å². The van der Waals surface area contributed by atoms with Crippen LogP contribution in [0.25, 0.3) is 0 Å². The molecule has 0 bridgehead atoms. The van der Waals surface area contributed by atoms with E-state index in [1.54, 1.807) is 12.1 Å². The van der Waals surface area contributed by atoms with Gasteiger partial charge in [-0.15, -0.1) is 0 Å². The predicted molar refractivity (Wildman–Crippen MR) is 104 cm³/mol. The number of hydrogen-bond donors (Lipinski definition) is 2. The zero-order valence-corrected chi connectivity index (χ0v) is 17.2. The molecule has 0 saturated heterocycles. The van der Waals surface area contributed by atoms with Gasteiger partial charge >= 0.3 is 0 Å². The topological polar surface area (TPSA) is 59.8 Å². The van der Waals surface area contributed by atoms with Gasteiger partial charge in [-0.2, -0.15) is 0 Å². The Balaban J connectivity index is 2.28. The summed E-state index contributed by atoms with van der Waals surface area (Å²) in [5.74, 6) is 0.365. The second-order valence-corrected chi connectivity index (χ2v) is 8.72. The zero-order chi connectivity index (χ0) is 19.5. The minimum absolute atomic E-state index is 0.0166. The molecule has 0 aliphatic carbocycles. The standard InChI is InChI=1S/C20H28N2O3S/c1-14-7-9-17(10-8-14)18(22(4)5)13-21-26(23,24)20-12-16(3)15(2)11-19(20)25-6/h7-12,18,21H,13H2,1-6H3/p+1/t18-/m0/s1. The summed E-state index contributed by atoms with van der Waals surface area (Å²) in [5.41, 5.74) is 4.20. The Labute approximate surface area is 157 Å². The number of hydrogen-bond acceptors (Lipinski definition) is 3. The Morgan fingerprint density at radius 3 is 2.15 bits per heavy atom. The van der Waals surface area contributed by atoms with Crippen molar-refractivity contribution in [2.45, 2.75) is 31.7 Å². The van der Waals surface area contributed by atoms with Gasteiger partial charge in [0.25, 0.3) is 0 Å². The van der Waals surface area contributed by atoms with Crippen molar-refractivity contribution in [1.82, 2.24) is 4.72 Å². The first-order valence-electron chi connectivity index (χ1n) is 8.67. The Hall–Kier alpha value is -1.89. The van der Waals surface area contributed by atoms with Gasteiger partial charge in [0.1, 0.15) is 16.7 Å². The molecule has 0 aliphatic rings. The average molecular weight is 378 g/mol. The van der Waals surface area contributed by atoms with Crippen LogP contribution in [0.3, 0.4) is 0 Å². The van der Waals surface area contributed by atoms with Crippen molar-refractivity contribution in [3.05, 3.63) is 58.7 Å². The van der Waals surface area contributed by atoms with Crippen LogP contribution in [0.2, 0.25) is 0 Å². The van der Waals surface area contributed by atoms with Gasteiger partial charge in [-0.3, -0.25) is 0 Å². The third-order valence-electron chi connectivity index (χ3n) is 4.72. The number of ether oxygens (including phenoxy) is 1. The number of likely N-dealkylation sites (N-methyl/N-ethyl adjacent to an activating group) is 1. The third kappa shape index (κ3) is 4.63. The molecule has 0 spiro atoms. The molecule has 2 N–H and O–H groups in total. The lowest BCUT2D eigenvalue weighted by Crippen LogP contribution is -3.07. The van der Waals surface area contributed by atoms with E-state index < -0.39 is 10.0 Å². The van der Waals surface area contributed by atoms with Crippen molar-refractivity contribution in [3.8, 4) is 5.75 Å². The maximum atomic E-state index is 12.9. The molecule has 142 valence electrons. The summed E-state index contributed by atoms with van der Waals surface area (Å²) in [6, 6.07) is 11.6. The van der Waals surface area contributed by atoms with E-state index in [4.69, 9.17) is 4.74 Å². The lowest BCUT2D eigenvalue weighted by molar-refractivity contribution is -0.890. The van der Waals surface area contributed by atoms with E-state index in [-0.39, 0.29) is 10.9 Å². The summed E-state index contributed by atoms with van der Waals surface area (Å²) in [6.45, 7) is 6.18. The van der Waals surface area contributed by atoms with E-state index in [0.717, 1.165) is 21.6 Å². The van der Waals surface area contributed by atoms with E-state index in [0.29, 0.717) is 12.3 Å². The van der Waals surface area contributed by atoms with Crippen molar-refractivity contribution in [2.75, 3.05) is 27.7 Å². The highest BCUT2D eigenvalue weighted by molar-refractivity contribution is 7.89.